The molecule has 140 valence electrons. The molecule has 2 heterocycles. The fourth-order valence-electron chi connectivity index (χ4n) is 3.28. The van der Waals surface area contributed by atoms with Crippen molar-refractivity contribution in [3.8, 4) is 5.88 Å². The van der Waals surface area contributed by atoms with Crippen LogP contribution >= 0.6 is 0 Å². The average Bonchev–Trinajstić information content (AvgIpc) is 2.60. The highest BCUT2D eigenvalue weighted by Gasteiger charge is 2.29. The first kappa shape index (κ1) is 18.4. The van der Waals surface area contributed by atoms with Crippen molar-refractivity contribution in [2.75, 3.05) is 31.0 Å². The van der Waals surface area contributed by atoms with Gasteiger partial charge in [0.2, 0.25) is 5.88 Å². The number of fused-ring (bicyclic) bond motifs is 1. The number of amides is 2. The number of aromatic nitrogens is 1. The Morgan fingerprint density at radius 2 is 2.12 bits per heavy atom. The van der Waals surface area contributed by atoms with Crippen LogP contribution < -0.4 is 10.1 Å². The molecule has 1 aliphatic rings. The Morgan fingerprint density at radius 3 is 2.85 bits per heavy atom. The smallest absolute Gasteiger partial charge is 0.322 e. The first-order valence-corrected chi connectivity index (χ1v) is 10.6. The van der Waals surface area contributed by atoms with Crippen molar-refractivity contribution in [2.24, 2.45) is 0 Å². The molecule has 2 amide bonds. The van der Waals surface area contributed by atoms with Crippen molar-refractivity contribution >= 4 is 32.5 Å². The van der Waals surface area contributed by atoms with Crippen molar-refractivity contribution in [1.82, 2.24) is 9.88 Å². The molecule has 1 saturated heterocycles. The van der Waals surface area contributed by atoms with Gasteiger partial charge in [0.15, 0.2) is 0 Å². The number of methoxy groups -OCH3 is 1. The lowest BCUT2D eigenvalue weighted by Crippen LogP contribution is -2.48. The highest BCUT2D eigenvalue weighted by molar-refractivity contribution is 7.90. The lowest BCUT2D eigenvalue weighted by molar-refractivity contribution is 0.171. The summed E-state index contributed by atoms with van der Waals surface area (Å²) < 4.78 is 28.4. The Morgan fingerprint density at radius 1 is 1.31 bits per heavy atom. The number of nitrogens with zero attached hydrogens (tertiary/aromatic N) is 2. The molecule has 7 nitrogen and oxygen atoms in total. The highest BCUT2D eigenvalue weighted by Crippen LogP contribution is 2.23. The number of sulfone groups is 1. The summed E-state index contributed by atoms with van der Waals surface area (Å²) in [4.78, 5) is 18.7. The van der Waals surface area contributed by atoms with Gasteiger partial charge in [-0.05, 0) is 43.5 Å². The summed E-state index contributed by atoms with van der Waals surface area (Å²) in [6.07, 6.45) is 3.74. The number of piperidine rings is 1. The molecule has 26 heavy (non-hydrogen) atoms. The summed E-state index contributed by atoms with van der Waals surface area (Å²) in [6.45, 7) is 0.568. The van der Waals surface area contributed by atoms with Crippen molar-refractivity contribution in [3.05, 3.63) is 30.3 Å². The molecule has 1 aromatic heterocycles. The summed E-state index contributed by atoms with van der Waals surface area (Å²) in [7, 11) is -1.58. The predicted molar refractivity (Wildman–Crippen MR) is 101 cm³/mol. The van der Waals surface area contributed by atoms with Crippen LogP contribution in [0.4, 0.5) is 10.5 Å². The number of hydrogen-bond acceptors (Lipinski definition) is 5. The van der Waals surface area contributed by atoms with Crippen LogP contribution in [0.15, 0.2) is 30.3 Å². The maximum Gasteiger partial charge on any atom is 0.322 e. The van der Waals surface area contributed by atoms with E-state index in [1.165, 1.54) is 6.26 Å². The number of rotatable bonds is 4. The van der Waals surface area contributed by atoms with Gasteiger partial charge in [-0.2, -0.15) is 0 Å². The maximum absolute atomic E-state index is 12.7. The minimum absolute atomic E-state index is 0.00184. The van der Waals surface area contributed by atoms with Crippen molar-refractivity contribution in [1.29, 1.82) is 0 Å². The van der Waals surface area contributed by atoms with Gasteiger partial charge in [0, 0.05) is 36.0 Å². The molecule has 3 rings (SSSR count). The summed E-state index contributed by atoms with van der Waals surface area (Å²) in [6, 6.07) is 8.55. The third-order valence-electron chi connectivity index (χ3n) is 4.51. The molecule has 1 aliphatic heterocycles. The number of anilines is 1. The number of benzene rings is 1. The van der Waals surface area contributed by atoms with E-state index in [4.69, 9.17) is 4.74 Å². The Bertz CT molecular complexity index is 914. The van der Waals surface area contributed by atoms with Crippen LogP contribution in [0, 0.1) is 0 Å². The molecule has 1 aromatic carbocycles. The molecule has 1 unspecified atom stereocenters. The lowest BCUT2D eigenvalue weighted by Gasteiger charge is -2.35. The van der Waals surface area contributed by atoms with Gasteiger partial charge in [0.1, 0.15) is 9.84 Å². The van der Waals surface area contributed by atoms with Crippen LogP contribution in [0.25, 0.3) is 10.9 Å². The zero-order valence-corrected chi connectivity index (χ0v) is 15.8. The minimum atomic E-state index is -3.14. The molecule has 0 radical (unpaired) electrons. The number of ether oxygens (including phenoxy) is 1. The summed E-state index contributed by atoms with van der Waals surface area (Å²) in [5, 5.41) is 3.77. The minimum Gasteiger partial charge on any atom is -0.481 e. The topological polar surface area (TPSA) is 88.6 Å². The number of carbonyl (C=O) groups excluding carboxylic acids is 1. The molecule has 0 saturated carbocycles. The summed E-state index contributed by atoms with van der Waals surface area (Å²) in [5.41, 5.74) is 1.42. The SMILES string of the molecule is COc1ccc2cc(NC(=O)N3CCCCC3CS(C)(=O)=O)ccc2n1. The number of pyridine rings is 1. The van der Waals surface area contributed by atoms with E-state index in [9.17, 15) is 13.2 Å². The number of likely N-dealkylation sites (tertiary alicyclic amines) is 1. The third-order valence-corrected chi connectivity index (χ3v) is 5.50. The predicted octanol–water partition coefficient (Wildman–Crippen LogP) is 2.67. The second-order valence-electron chi connectivity index (χ2n) is 6.63. The van der Waals surface area contributed by atoms with Crippen molar-refractivity contribution < 1.29 is 17.9 Å². The van der Waals surface area contributed by atoms with E-state index in [0.717, 1.165) is 23.7 Å². The van der Waals surface area contributed by atoms with Gasteiger partial charge in [-0.25, -0.2) is 18.2 Å². The van der Waals surface area contributed by atoms with Gasteiger partial charge in [0.05, 0.1) is 18.4 Å². The Hall–Kier alpha value is -2.35. The normalized spacial score (nSPS) is 17.9. The van der Waals surface area contributed by atoms with E-state index in [0.29, 0.717) is 24.5 Å². The first-order chi connectivity index (χ1) is 12.4. The molecule has 1 fully saturated rings. The zero-order valence-electron chi connectivity index (χ0n) is 14.9. The van der Waals surface area contributed by atoms with E-state index < -0.39 is 9.84 Å². The fraction of sp³-hybridized carbons (Fsp3) is 0.444. The second kappa shape index (κ2) is 7.49. The van der Waals surface area contributed by atoms with Gasteiger partial charge >= 0.3 is 6.03 Å². The molecule has 0 spiro atoms. The van der Waals surface area contributed by atoms with Crippen LogP contribution in [0.3, 0.4) is 0 Å². The fourth-order valence-corrected chi connectivity index (χ4v) is 4.33. The zero-order chi connectivity index (χ0) is 18.7. The molecule has 2 aromatic rings. The first-order valence-electron chi connectivity index (χ1n) is 8.56. The Kier molecular flexibility index (Phi) is 5.31. The molecular weight excluding hydrogens is 354 g/mol. The van der Waals surface area contributed by atoms with Crippen LogP contribution in [-0.4, -0.2) is 56.0 Å². The monoisotopic (exact) mass is 377 g/mol. The van der Waals surface area contributed by atoms with Crippen molar-refractivity contribution in [2.45, 2.75) is 25.3 Å². The number of urea groups is 1. The number of nitrogens with one attached hydrogen (secondary N) is 1. The lowest BCUT2D eigenvalue weighted by atomic mass is 10.0. The van der Waals surface area contributed by atoms with Gasteiger partial charge in [-0.3, -0.25) is 0 Å². The van der Waals surface area contributed by atoms with E-state index in [1.807, 2.05) is 18.2 Å². The van der Waals surface area contributed by atoms with E-state index >= 15 is 0 Å². The second-order valence-corrected chi connectivity index (χ2v) is 8.81. The maximum atomic E-state index is 12.7. The molecular formula is C18H23N3O4S. The van der Waals surface area contributed by atoms with Gasteiger partial charge < -0.3 is 15.0 Å². The van der Waals surface area contributed by atoms with Crippen molar-refractivity contribution in [3.63, 3.8) is 0 Å². The van der Waals surface area contributed by atoms with Crippen LogP contribution in [0.2, 0.25) is 0 Å². The molecule has 1 N–H and O–H groups in total. The molecule has 0 aliphatic carbocycles. The summed E-state index contributed by atoms with van der Waals surface area (Å²) >= 11 is 0. The van der Waals surface area contributed by atoms with E-state index in [1.54, 1.807) is 24.1 Å². The van der Waals surface area contributed by atoms with Crippen LogP contribution in [0.5, 0.6) is 5.88 Å². The third kappa shape index (κ3) is 4.43. The highest BCUT2D eigenvalue weighted by atomic mass is 32.2. The Labute approximate surface area is 153 Å². The van der Waals surface area contributed by atoms with Gasteiger partial charge in [-0.1, -0.05) is 0 Å². The quantitative estimate of drug-likeness (QED) is 0.885. The van der Waals surface area contributed by atoms with E-state index in [2.05, 4.69) is 10.3 Å². The van der Waals surface area contributed by atoms with Crippen LogP contribution in [-0.2, 0) is 9.84 Å². The van der Waals surface area contributed by atoms with Gasteiger partial charge in [0.25, 0.3) is 0 Å². The molecule has 0 bridgehead atoms. The van der Waals surface area contributed by atoms with Crippen LogP contribution in [0.1, 0.15) is 19.3 Å². The Balaban J connectivity index is 1.76. The number of hydrogen-bond donors (Lipinski definition) is 1. The largest absolute Gasteiger partial charge is 0.481 e. The standard InChI is InChI=1S/C18H23N3O4S/c1-25-17-9-6-13-11-14(7-8-16(13)20-17)19-18(22)21-10-4-3-5-15(21)12-26(2,23)24/h6-9,11,15H,3-5,10,12H2,1-2H3,(H,19,22). The average molecular weight is 377 g/mol. The van der Waals surface area contributed by atoms with Gasteiger partial charge in [-0.15, -0.1) is 0 Å². The van der Waals surface area contributed by atoms with E-state index in [-0.39, 0.29) is 17.8 Å². The number of carbonyl (C=O) groups is 1. The molecule has 8 heteroatoms. The summed E-state index contributed by atoms with van der Waals surface area (Å²) in [5.74, 6) is 0.535. The molecule has 1 atom stereocenters.